The lowest BCUT2D eigenvalue weighted by Gasteiger charge is -1.99. The van der Waals surface area contributed by atoms with Crippen LogP contribution in [0.3, 0.4) is 0 Å². The van der Waals surface area contributed by atoms with Gasteiger partial charge < -0.3 is 10.2 Å². The van der Waals surface area contributed by atoms with Crippen molar-refractivity contribution in [3.05, 3.63) is 53.6 Å². The molecule has 0 saturated carbocycles. The molecule has 2 N–H and O–H groups in total. The van der Waals surface area contributed by atoms with Crippen molar-refractivity contribution >= 4 is 11.1 Å². The van der Waals surface area contributed by atoms with E-state index >= 15 is 0 Å². The summed E-state index contributed by atoms with van der Waals surface area (Å²) < 4.78 is 5.80. The smallest absolute Gasteiger partial charge is 0.227 e. The van der Waals surface area contributed by atoms with Gasteiger partial charge in [-0.3, -0.25) is 0 Å². The first-order chi connectivity index (χ1) is 9.26. The van der Waals surface area contributed by atoms with Gasteiger partial charge in [-0.25, -0.2) is 4.98 Å². The molecule has 0 unspecified atom stereocenters. The topological polar surface area (TPSA) is 52.0 Å². The molecule has 2 aromatic carbocycles. The van der Waals surface area contributed by atoms with Crippen molar-refractivity contribution in [1.82, 2.24) is 4.98 Å². The molecule has 0 atom stereocenters. The summed E-state index contributed by atoms with van der Waals surface area (Å²) in [5, 5.41) is 0. The zero-order valence-electron chi connectivity index (χ0n) is 10.9. The molecule has 19 heavy (non-hydrogen) atoms. The largest absolute Gasteiger partial charge is 0.436 e. The van der Waals surface area contributed by atoms with Crippen LogP contribution in [0.25, 0.3) is 22.6 Å². The number of nitrogens with two attached hydrogens (primary N) is 1. The summed E-state index contributed by atoms with van der Waals surface area (Å²) in [6.45, 7) is 2.71. The molecule has 0 aliphatic rings. The van der Waals surface area contributed by atoms with E-state index in [9.17, 15) is 0 Å². The third-order valence-corrected chi connectivity index (χ3v) is 3.18. The lowest BCUT2D eigenvalue weighted by Crippen LogP contribution is -2.02. The monoisotopic (exact) mass is 252 g/mol. The fourth-order valence-corrected chi connectivity index (χ4v) is 2.14. The van der Waals surface area contributed by atoms with Crippen LogP contribution >= 0.6 is 0 Å². The summed E-state index contributed by atoms with van der Waals surface area (Å²) in [6, 6.07) is 14.2. The molecular weight excluding hydrogens is 236 g/mol. The molecule has 1 aromatic heterocycles. The molecule has 1 heterocycles. The van der Waals surface area contributed by atoms with Crippen molar-refractivity contribution in [1.29, 1.82) is 0 Å². The van der Waals surface area contributed by atoms with Crippen molar-refractivity contribution in [2.24, 2.45) is 5.73 Å². The maximum absolute atomic E-state index is 5.80. The van der Waals surface area contributed by atoms with E-state index in [1.807, 2.05) is 37.3 Å². The number of aromatic nitrogens is 1. The zero-order chi connectivity index (χ0) is 13.2. The Morgan fingerprint density at radius 2 is 1.89 bits per heavy atom. The minimum atomic E-state index is 0.667. The quantitative estimate of drug-likeness (QED) is 0.778. The molecule has 0 spiro atoms. The normalized spacial score (nSPS) is 11.1. The van der Waals surface area contributed by atoms with Gasteiger partial charge in [0.05, 0.1) is 0 Å². The van der Waals surface area contributed by atoms with E-state index in [1.165, 1.54) is 11.1 Å². The van der Waals surface area contributed by atoms with E-state index in [1.54, 1.807) is 0 Å². The summed E-state index contributed by atoms with van der Waals surface area (Å²) in [5.41, 5.74) is 10.7. The number of oxazole rings is 1. The number of fused-ring (bicyclic) bond motifs is 1. The van der Waals surface area contributed by atoms with Crippen LogP contribution in [-0.4, -0.2) is 11.5 Å². The van der Waals surface area contributed by atoms with Crippen molar-refractivity contribution < 1.29 is 4.42 Å². The Hall–Kier alpha value is -2.13. The summed E-state index contributed by atoms with van der Waals surface area (Å²) in [4.78, 5) is 4.51. The van der Waals surface area contributed by atoms with Gasteiger partial charge in [-0.15, -0.1) is 0 Å². The van der Waals surface area contributed by atoms with E-state index in [0.29, 0.717) is 12.4 Å². The Bertz CT molecular complexity index is 698. The van der Waals surface area contributed by atoms with Gasteiger partial charge in [-0.1, -0.05) is 18.2 Å². The summed E-state index contributed by atoms with van der Waals surface area (Å²) in [6.07, 6.45) is 0.896. The molecule has 3 nitrogen and oxygen atoms in total. The highest BCUT2D eigenvalue weighted by Crippen LogP contribution is 2.25. The van der Waals surface area contributed by atoms with Crippen molar-refractivity contribution in [3.8, 4) is 11.5 Å². The van der Waals surface area contributed by atoms with Gasteiger partial charge in [0, 0.05) is 5.56 Å². The minimum absolute atomic E-state index is 0.667. The second-order valence-corrected chi connectivity index (χ2v) is 4.73. The first kappa shape index (κ1) is 11.9. The number of hydrogen-bond donors (Lipinski definition) is 1. The van der Waals surface area contributed by atoms with Crippen LogP contribution in [0.4, 0.5) is 0 Å². The highest BCUT2D eigenvalue weighted by atomic mass is 16.3. The fraction of sp³-hybridized carbons (Fsp3) is 0.188. The summed E-state index contributed by atoms with van der Waals surface area (Å²) in [5.74, 6) is 0.667. The maximum Gasteiger partial charge on any atom is 0.227 e. The van der Waals surface area contributed by atoms with Crippen LogP contribution in [0.1, 0.15) is 11.1 Å². The van der Waals surface area contributed by atoms with Crippen molar-refractivity contribution in [2.45, 2.75) is 13.3 Å². The van der Waals surface area contributed by atoms with Crippen LogP contribution in [0, 0.1) is 6.92 Å². The Kier molecular flexibility index (Phi) is 3.05. The second-order valence-electron chi connectivity index (χ2n) is 4.73. The average Bonchev–Trinajstić information content (AvgIpc) is 2.83. The lowest BCUT2D eigenvalue weighted by atomic mass is 10.1. The van der Waals surface area contributed by atoms with E-state index in [-0.39, 0.29) is 0 Å². The van der Waals surface area contributed by atoms with Crippen LogP contribution in [0.15, 0.2) is 46.9 Å². The molecular formula is C16H16N2O. The SMILES string of the molecule is Cc1ccc2nc(-c3ccc(CCN)cc3)oc2c1. The summed E-state index contributed by atoms with van der Waals surface area (Å²) in [7, 11) is 0. The molecule has 0 aliphatic heterocycles. The molecule has 0 aliphatic carbocycles. The molecule has 3 aromatic rings. The molecule has 0 bridgehead atoms. The average molecular weight is 252 g/mol. The first-order valence-electron chi connectivity index (χ1n) is 6.43. The van der Waals surface area contributed by atoms with Gasteiger partial charge in [0.2, 0.25) is 5.89 Å². The predicted octanol–water partition coefficient (Wildman–Crippen LogP) is 3.30. The van der Waals surface area contributed by atoms with Crippen LogP contribution in [-0.2, 0) is 6.42 Å². The van der Waals surface area contributed by atoms with Crippen LogP contribution < -0.4 is 5.73 Å². The molecule has 96 valence electrons. The number of benzene rings is 2. The van der Waals surface area contributed by atoms with Gasteiger partial charge in [-0.05, 0) is 55.3 Å². The van der Waals surface area contributed by atoms with Crippen molar-refractivity contribution in [3.63, 3.8) is 0 Å². The molecule has 3 heteroatoms. The maximum atomic E-state index is 5.80. The fourth-order valence-electron chi connectivity index (χ4n) is 2.14. The highest BCUT2D eigenvalue weighted by molar-refractivity contribution is 5.76. The van der Waals surface area contributed by atoms with E-state index in [2.05, 4.69) is 17.1 Å². The van der Waals surface area contributed by atoms with E-state index in [0.717, 1.165) is 23.1 Å². The van der Waals surface area contributed by atoms with Crippen molar-refractivity contribution in [2.75, 3.05) is 6.54 Å². The van der Waals surface area contributed by atoms with Gasteiger partial charge >= 0.3 is 0 Å². The van der Waals surface area contributed by atoms with E-state index < -0.39 is 0 Å². The zero-order valence-corrected chi connectivity index (χ0v) is 10.9. The molecule has 0 radical (unpaired) electrons. The van der Waals surface area contributed by atoms with Gasteiger partial charge in [-0.2, -0.15) is 0 Å². The number of nitrogens with zero attached hydrogens (tertiary/aromatic N) is 1. The Labute approximate surface area is 112 Å². The van der Waals surface area contributed by atoms with Gasteiger partial charge in [0.25, 0.3) is 0 Å². The highest BCUT2D eigenvalue weighted by Gasteiger charge is 2.08. The Balaban J connectivity index is 1.99. The minimum Gasteiger partial charge on any atom is -0.436 e. The van der Waals surface area contributed by atoms with Gasteiger partial charge in [0.1, 0.15) is 5.52 Å². The molecule has 3 rings (SSSR count). The second kappa shape index (κ2) is 4.86. The Morgan fingerprint density at radius 3 is 2.63 bits per heavy atom. The third kappa shape index (κ3) is 2.37. The standard InChI is InChI=1S/C16H16N2O/c1-11-2-7-14-15(10-11)19-16(18-14)13-5-3-12(4-6-13)8-9-17/h2-7,10H,8-9,17H2,1H3. The molecule has 0 saturated heterocycles. The predicted molar refractivity (Wildman–Crippen MR) is 76.9 cm³/mol. The number of hydrogen-bond acceptors (Lipinski definition) is 3. The summed E-state index contributed by atoms with van der Waals surface area (Å²) >= 11 is 0. The van der Waals surface area contributed by atoms with E-state index in [4.69, 9.17) is 10.2 Å². The number of rotatable bonds is 3. The van der Waals surface area contributed by atoms with Crippen LogP contribution in [0.5, 0.6) is 0 Å². The third-order valence-electron chi connectivity index (χ3n) is 3.18. The molecule has 0 amide bonds. The van der Waals surface area contributed by atoms with Gasteiger partial charge in [0.15, 0.2) is 5.58 Å². The Morgan fingerprint density at radius 1 is 1.11 bits per heavy atom. The molecule has 0 fully saturated rings. The lowest BCUT2D eigenvalue weighted by molar-refractivity contribution is 0.619. The first-order valence-corrected chi connectivity index (χ1v) is 6.43. The van der Waals surface area contributed by atoms with Crippen LogP contribution in [0.2, 0.25) is 0 Å². The number of aryl methyl sites for hydroxylation is 1.